The summed E-state index contributed by atoms with van der Waals surface area (Å²) in [7, 11) is -2.12. The van der Waals surface area contributed by atoms with Crippen molar-refractivity contribution >= 4 is 10.0 Å². The molecular formula is C14H20F3NO3S. The van der Waals surface area contributed by atoms with Crippen LogP contribution in [0.25, 0.3) is 0 Å². The SMILES string of the molecule is CCCCS(=O)(=O)N(C)CC(O)c1ccc(C(F)(F)F)cc1. The number of likely N-dealkylation sites (N-methyl/N-ethyl adjacent to an activating group) is 1. The van der Waals surface area contributed by atoms with Crippen molar-refractivity contribution in [2.75, 3.05) is 19.3 Å². The summed E-state index contributed by atoms with van der Waals surface area (Å²) in [6, 6.07) is 4.04. The Hall–Kier alpha value is -1.12. The third-order valence-corrected chi connectivity index (χ3v) is 5.19. The zero-order valence-electron chi connectivity index (χ0n) is 12.5. The minimum absolute atomic E-state index is 0.0142. The molecule has 0 heterocycles. The molecule has 0 aromatic heterocycles. The number of hydrogen-bond acceptors (Lipinski definition) is 3. The van der Waals surface area contributed by atoms with Crippen LogP contribution in [-0.4, -0.2) is 37.2 Å². The molecular weight excluding hydrogens is 319 g/mol. The van der Waals surface area contributed by atoms with Crippen LogP contribution in [0.2, 0.25) is 0 Å². The molecule has 0 aliphatic carbocycles. The van der Waals surface area contributed by atoms with Crippen molar-refractivity contribution < 1.29 is 26.7 Å². The molecule has 0 fully saturated rings. The zero-order chi connectivity index (χ0) is 17.0. The molecule has 1 atom stereocenters. The van der Waals surface area contributed by atoms with Crippen molar-refractivity contribution in [2.24, 2.45) is 0 Å². The van der Waals surface area contributed by atoms with E-state index in [1.165, 1.54) is 7.05 Å². The van der Waals surface area contributed by atoms with E-state index in [4.69, 9.17) is 0 Å². The maximum absolute atomic E-state index is 12.5. The number of rotatable bonds is 7. The van der Waals surface area contributed by atoms with Gasteiger partial charge in [0.1, 0.15) is 0 Å². The topological polar surface area (TPSA) is 57.6 Å². The van der Waals surface area contributed by atoms with Gasteiger partial charge < -0.3 is 5.11 Å². The summed E-state index contributed by atoms with van der Waals surface area (Å²) in [5.74, 6) is -0.0142. The number of unbranched alkanes of at least 4 members (excludes halogenated alkanes) is 1. The highest BCUT2D eigenvalue weighted by Crippen LogP contribution is 2.30. The number of aliphatic hydroxyl groups excluding tert-OH is 1. The van der Waals surface area contributed by atoms with Gasteiger partial charge in [0.15, 0.2) is 0 Å². The number of alkyl halides is 3. The van der Waals surface area contributed by atoms with Crippen LogP contribution >= 0.6 is 0 Å². The second kappa shape index (κ2) is 7.43. The number of hydrogen-bond donors (Lipinski definition) is 1. The van der Waals surface area contributed by atoms with E-state index in [1.807, 2.05) is 6.92 Å². The molecule has 126 valence electrons. The summed E-state index contributed by atoms with van der Waals surface area (Å²) >= 11 is 0. The van der Waals surface area contributed by atoms with Crippen molar-refractivity contribution in [1.29, 1.82) is 0 Å². The summed E-state index contributed by atoms with van der Waals surface area (Å²) in [6.45, 7) is 1.67. The van der Waals surface area contributed by atoms with Crippen LogP contribution in [0.15, 0.2) is 24.3 Å². The lowest BCUT2D eigenvalue weighted by Gasteiger charge is -2.21. The fraction of sp³-hybridized carbons (Fsp3) is 0.571. The van der Waals surface area contributed by atoms with E-state index >= 15 is 0 Å². The van der Waals surface area contributed by atoms with Gasteiger partial charge in [-0.05, 0) is 24.1 Å². The van der Waals surface area contributed by atoms with Gasteiger partial charge in [-0.1, -0.05) is 25.5 Å². The Labute approximate surface area is 128 Å². The summed E-state index contributed by atoms with van der Waals surface area (Å²) < 4.78 is 62.2. The molecule has 0 radical (unpaired) electrons. The van der Waals surface area contributed by atoms with E-state index < -0.39 is 27.9 Å². The number of nitrogens with zero attached hydrogens (tertiary/aromatic N) is 1. The van der Waals surface area contributed by atoms with Gasteiger partial charge in [-0.2, -0.15) is 13.2 Å². The van der Waals surface area contributed by atoms with Crippen LogP contribution in [0.5, 0.6) is 0 Å². The zero-order valence-corrected chi connectivity index (χ0v) is 13.3. The molecule has 0 aliphatic heterocycles. The first-order chi connectivity index (χ1) is 10.1. The number of aliphatic hydroxyl groups is 1. The molecule has 1 N–H and O–H groups in total. The Morgan fingerprint density at radius 3 is 2.23 bits per heavy atom. The molecule has 1 aromatic rings. The highest BCUT2D eigenvalue weighted by atomic mass is 32.2. The Kier molecular flexibility index (Phi) is 6.39. The van der Waals surface area contributed by atoms with Crippen molar-refractivity contribution in [2.45, 2.75) is 32.0 Å². The van der Waals surface area contributed by atoms with Crippen LogP contribution in [0.1, 0.15) is 37.0 Å². The Morgan fingerprint density at radius 1 is 1.23 bits per heavy atom. The van der Waals surface area contributed by atoms with E-state index in [0.717, 1.165) is 35.0 Å². The molecule has 0 saturated carbocycles. The first-order valence-electron chi connectivity index (χ1n) is 6.87. The lowest BCUT2D eigenvalue weighted by molar-refractivity contribution is -0.137. The Bertz CT molecular complexity index is 570. The minimum atomic E-state index is -4.44. The van der Waals surface area contributed by atoms with Crippen LogP contribution in [0.4, 0.5) is 13.2 Å². The average Bonchev–Trinajstić information content (AvgIpc) is 2.44. The highest BCUT2D eigenvalue weighted by Gasteiger charge is 2.30. The van der Waals surface area contributed by atoms with Gasteiger partial charge in [0.2, 0.25) is 10.0 Å². The quantitative estimate of drug-likeness (QED) is 0.831. The minimum Gasteiger partial charge on any atom is -0.387 e. The third-order valence-electron chi connectivity index (χ3n) is 3.28. The Morgan fingerprint density at radius 2 is 1.77 bits per heavy atom. The molecule has 0 bridgehead atoms. The largest absolute Gasteiger partial charge is 0.416 e. The van der Waals surface area contributed by atoms with Crippen molar-refractivity contribution in [3.63, 3.8) is 0 Å². The standard InChI is InChI=1S/C14H20F3NO3S/c1-3-4-9-22(20,21)18(2)10-13(19)11-5-7-12(8-6-11)14(15,16)17/h5-8,13,19H,3-4,9-10H2,1-2H3. The first kappa shape index (κ1) is 18.9. The fourth-order valence-electron chi connectivity index (χ4n) is 1.84. The van der Waals surface area contributed by atoms with Gasteiger partial charge >= 0.3 is 6.18 Å². The molecule has 1 rings (SSSR count). The summed E-state index contributed by atoms with van der Waals surface area (Å²) in [5, 5.41) is 9.99. The molecule has 4 nitrogen and oxygen atoms in total. The fourth-order valence-corrected chi connectivity index (χ4v) is 3.17. The van der Waals surface area contributed by atoms with Crippen molar-refractivity contribution in [3.05, 3.63) is 35.4 Å². The van der Waals surface area contributed by atoms with Crippen molar-refractivity contribution in [1.82, 2.24) is 4.31 Å². The molecule has 8 heteroatoms. The normalized spacial score (nSPS) is 14.3. The van der Waals surface area contributed by atoms with E-state index in [2.05, 4.69) is 0 Å². The van der Waals surface area contributed by atoms with E-state index in [1.54, 1.807) is 0 Å². The summed E-state index contributed by atoms with van der Waals surface area (Å²) in [6.07, 6.45) is -4.37. The highest BCUT2D eigenvalue weighted by molar-refractivity contribution is 7.89. The molecule has 1 aromatic carbocycles. The molecule has 1 unspecified atom stereocenters. The summed E-state index contributed by atoms with van der Waals surface area (Å²) in [5.41, 5.74) is -0.571. The molecule has 0 aliphatic rings. The van der Waals surface area contributed by atoms with Gasteiger partial charge in [0.25, 0.3) is 0 Å². The van der Waals surface area contributed by atoms with Gasteiger partial charge in [-0.25, -0.2) is 12.7 Å². The van der Waals surface area contributed by atoms with Gasteiger partial charge in [-0.15, -0.1) is 0 Å². The lowest BCUT2D eigenvalue weighted by Crippen LogP contribution is -2.33. The molecule has 0 saturated heterocycles. The molecule has 0 amide bonds. The monoisotopic (exact) mass is 339 g/mol. The van der Waals surface area contributed by atoms with Crippen LogP contribution in [0.3, 0.4) is 0 Å². The van der Waals surface area contributed by atoms with Gasteiger partial charge in [0.05, 0.1) is 17.4 Å². The van der Waals surface area contributed by atoms with Crippen LogP contribution < -0.4 is 0 Å². The van der Waals surface area contributed by atoms with Gasteiger partial charge in [-0.3, -0.25) is 0 Å². The molecule has 0 spiro atoms. The average molecular weight is 339 g/mol. The van der Waals surface area contributed by atoms with E-state index in [0.29, 0.717) is 6.42 Å². The van der Waals surface area contributed by atoms with Crippen molar-refractivity contribution in [3.8, 4) is 0 Å². The second-order valence-corrected chi connectivity index (χ2v) is 7.28. The van der Waals surface area contributed by atoms with Gasteiger partial charge in [0, 0.05) is 13.6 Å². The smallest absolute Gasteiger partial charge is 0.387 e. The number of sulfonamides is 1. The lowest BCUT2D eigenvalue weighted by atomic mass is 10.1. The maximum Gasteiger partial charge on any atom is 0.416 e. The summed E-state index contributed by atoms with van der Waals surface area (Å²) in [4.78, 5) is 0. The number of benzene rings is 1. The Balaban J connectivity index is 2.74. The van der Waals surface area contributed by atoms with E-state index in [-0.39, 0.29) is 17.9 Å². The second-order valence-electron chi connectivity index (χ2n) is 5.09. The first-order valence-corrected chi connectivity index (χ1v) is 8.48. The predicted molar refractivity (Wildman–Crippen MR) is 77.7 cm³/mol. The van der Waals surface area contributed by atoms with E-state index in [9.17, 15) is 26.7 Å². The third kappa shape index (κ3) is 5.26. The van der Waals surface area contributed by atoms with Crippen LogP contribution in [-0.2, 0) is 16.2 Å². The predicted octanol–water partition coefficient (Wildman–Crippen LogP) is 2.80. The molecule has 22 heavy (non-hydrogen) atoms. The number of halogens is 3. The van der Waals surface area contributed by atoms with Crippen LogP contribution in [0, 0.1) is 0 Å². The maximum atomic E-state index is 12.5.